The van der Waals surface area contributed by atoms with Crippen LogP contribution in [0.15, 0.2) is 24.3 Å². The smallest absolute Gasteiger partial charge is 0.258 e. The van der Waals surface area contributed by atoms with Gasteiger partial charge in [0.2, 0.25) is 0 Å². The lowest BCUT2D eigenvalue weighted by molar-refractivity contribution is 0.0755. The predicted molar refractivity (Wildman–Crippen MR) is 94.0 cm³/mol. The van der Waals surface area contributed by atoms with Gasteiger partial charge in [0.1, 0.15) is 11.0 Å². The van der Waals surface area contributed by atoms with Gasteiger partial charge in [0.25, 0.3) is 5.91 Å². The Bertz CT molecular complexity index is 691. The van der Waals surface area contributed by atoms with Gasteiger partial charge < -0.3 is 4.90 Å². The van der Waals surface area contributed by atoms with E-state index in [-0.39, 0.29) is 11.7 Å². The molecule has 2 aromatic rings. The largest absolute Gasteiger partial charge is 0.339 e. The number of benzene rings is 1. The molecule has 0 unspecified atom stereocenters. The van der Waals surface area contributed by atoms with E-state index in [0.717, 1.165) is 18.4 Å². The van der Waals surface area contributed by atoms with Gasteiger partial charge in [-0.25, -0.2) is 9.07 Å². The average Bonchev–Trinajstić information content (AvgIpc) is 2.83. The van der Waals surface area contributed by atoms with Crippen molar-refractivity contribution >= 4 is 17.5 Å². The Balaban J connectivity index is 2.27. The zero-order valence-electron chi connectivity index (χ0n) is 14.4. The van der Waals surface area contributed by atoms with Crippen LogP contribution in [0.25, 0.3) is 0 Å². The number of amides is 1. The highest BCUT2D eigenvalue weighted by Crippen LogP contribution is 2.23. The van der Waals surface area contributed by atoms with Gasteiger partial charge >= 0.3 is 0 Å². The highest BCUT2D eigenvalue weighted by Gasteiger charge is 2.24. The minimum Gasteiger partial charge on any atom is -0.339 e. The van der Waals surface area contributed by atoms with Crippen molar-refractivity contribution in [3.05, 3.63) is 52.1 Å². The van der Waals surface area contributed by atoms with E-state index in [2.05, 4.69) is 5.10 Å². The maximum Gasteiger partial charge on any atom is 0.258 e. The number of hydrogen-bond acceptors (Lipinski definition) is 2. The molecule has 24 heavy (non-hydrogen) atoms. The Morgan fingerprint density at radius 1 is 1.21 bits per heavy atom. The van der Waals surface area contributed by atoms with Crippen molar-refractivity contribution < 1.29 is 9.18 Å². The Morgan fingerprint density at radius 2 is 1.79 bits per heavy atom. The van der Waals surface area contributed by atoms with E-state index in [1.165, 1.54) is 12.1 Å². The molecule has 0 fully saturated rings. The highest BCUT2D eigenvalue weighted by molar-refractivity contribution is 6.33. The number of nitrogens with zero attached hydrogens (tertiary/aromatic N) is 3. The maximum atomic E-state index is 13.0. The molecule has 0 aliphatic heterocycles. The first kappa shape index (κ1) is 18.5. The summed E-state index contributed by atoms with van der Waals surface area (Å²) >= 11 is 6.43. The molecular formula is C18H23ClFN3O. The molecule has 0 aliphatic carbocycles. The summed E-state index contributed by atoms with van der Waals surface area (Å²) in [5.41, 5.74) is 1.95. The van der Waals surface area contributed by atoms with Crippen molar-refractivity contribution in [3.8, 4) is 0 Å². The zero-order valence-corrected chi connectivity index (χ0v) is 15.1. The Labute approximate surface area is 147 Å². The van der Waals surface area contributed by atoms with E-state index < -0.39 is 0 Å². The molecule has 0 spiro atoms. The van der Waals surface area contributed by atoms with Crippen LogP contribution >= 0.6 is 11.6 Å². The van der Waals surface area contributed by atoms with Crippen molar-refractivity contribution in [2.75, 3.05) is 13.1 Å². The molecule has 1 heterocycles. The molecule has 1 aromatic heterocycles. The molecule has 0 N–H and O–H groups in total. The molecule has 0 aliphatic rings. The van der Waals surface area contributed by atoms with Crippen LogP contribution in [0, 0.1) is 12.7 Å². The fourth-order valence-electron chi connectivity index (χ4n) is 2.68. The summed E-state index contributed by atoms with van der Waals surface area (Å²) in [4.78, 5) is 14.6. The standard InChI is InChI=1S/C18H23ClFN3O/c1-4-10-22(11-5-2)18(24)16-13(3)21-23(17(16)19)12-14-6-8-15(20)9-7-14/h6-9H,4-5,10-12H2,1-3H3. The Morgan fingerprint density at radius 3 is 2.33 bits per heavy atom. The SMILES string of the molecule is CCCN(CCC)C(=O)c1c(C)nn(Cc2ccc(F)cc2)c1Cl. The van der Waals surface area contributed by atoms with Crippen molar-refractivity contribution in [3.63, 3.8) is 0 Å². The van der Waals surface area contributed by atoms with Gasteiger partial charge in [0.05, 0.1) is 17.8 Å². The molecular weight excluding hydrogens is 329 g/mol. The average molecular weight is 352 g/mol. The van der Waals surface area contributed by atoms with Gasteiger partial charge in [0, 0.05) is 13.1 Å². The molecule has 130 valence electrons. The number of aromatic nitrogens is 2. The molecule has 0 saturated heterocycles. The van der Waals surface area contributed by atoms with E-state index in [9.17, 15) is 9.18 Å². The van der Waals surface area contributed by atoms with Crippen LogP contribution in [0.4, 0.5) is 4.39 Å². The molecule has 0 bridgehead atoms. The summed E-state index contributed by atoms with van der Waals surface area (Å²) in [7, 11) is 0. The van der Waals surface area contributed by atoms with Crippen molar-refractivity contribution in [1.29, 1.82) is 0 Å². The molecule has 0 saturated carbocycles. The normalized spacial score (nSPS) is 10.9. The first-order valence-electron chi connectivity index (χ1n) is 8.24. The van der Waals surface area contributed by atoms with Crippen LogP contribution in [-0.2, 0) is 6.54 Å². The predicted octanol–water partition coefficient (Wildman–Crippen LogP) is 4.29. The third-order valence-electron chi connectivity index (χ3n) is 3.80. The number of carbonyl (C=O) groups excluding carboxylic acids is 1. The second kappa shape index (κ2) is 8.29. The summed E-state index contributed by atoms with van der Waals surface area (Å²) < 4.78 is 14.6. The van der Waals surface area contributed by atoms with Gasteiger partial charge in [0.15, 0.2) is 0 Å². The summed E-state index contributed by atoms with van der Waals surface area (Å²) in [6.45, 7) is 7.67. The second-order valence-corrected chi connectivity index (χ2v) is 6.19. The third-order valence-corrected chi connectivity index (χ3v) is 4.18. The van der Waals surface area contributed by atoms with Gasteiger partial charge in [-0.2, -0.15) is 5.10 Å². The third kappa shape index (κ3) is 4.15. The first-order chi connectivity index (χ1) is 11.5. The molecule has 2 rings (SSSR count). The maximum absolute atomic E-state index is 13.0. The second-order valence-electron chi connectivity index (χ2n) is 5.83. The topological polar surface area (TPSA) is 38.1 Å². The summed E-state index contributed by atoms with van der Waals surface area (Å²) in [5, 5.41) is 4.73. The molecule has 0 atom stereocenters. The number of aryl methyl sites for hydroxylation is 1. The number of halogens is 2. The number of hydrogen-bond donors (Lipinski definition) is 0. The fourth-order valence-corrected chi connectivity index (χ4v) is 2.99. The van der Waals surface area contributed by atoms with E-state index in [0.29, 0.717) is 36.0 Å². The van der Waals surface area contributed by atoms with Crippen molar-refractivity contribution in [2.24, 2.45) is 0 Å². The molecule has 4 nitrogen and oxygen atoms in total. The van der Waals surface area contributed by atoms with E-state index >= 15 is 0 Å². The van der Waals surface area contributed by atoms with Crippen LogP contribution < -0.4 is 0 Å². The summed E-state index contributed by atoms with van der Waals surface area (Å²) in [5.74, 6) is -0.362. The van der Waals surface area contributed by atoms with E-state index in [1.54, 1.807) is 23.7 Å². The van der Waals surface area contributed by atoms with Crippen molar-refractivity contribution in [2.45, 2.75) is 40.2 Å². The number of rotatable bonds is 7. The molecule has 0 radical (unpaired) electrons. The van der Waals surface area contributed by atoms with Gasteiger partial charge in [-0.15, -0.1) is 0 Å². The lowest BCUT2D eigenvalue weighted by atomic mass is 10.2. The lowest BCUT2D eigenvalue weighted by Gasteiger charge is -2.21. The van der Waals surface area contributed by atoms with Crippen LogP contribution in [0.5, 0.6) is 0 Å². The van der Waals surface area contributed by atoms with E-state index in [1.807, 2.05) is 18.7 Å². The lowest BCUT2D eigenvalue weighted by Crippen LogP contribution is -2.32. The summed E-state index contributed by atoms with van der Waals surface area (Å²) in [6.07, 6.45) is 1.79. The molecule has 6 heteroatoms. The Kier molecular flexibility index (Phi) is 6.37. The minimum absolute atomic E-state index is 0.0773. The zero-order chi connectivity index (χ0) is 17.7. The summed E-state index contributed by atoms with van der Waals surface area (Å²) in [6, 6.07) is 6.17. The highest BCUT2D eigenvalue weighted by atomic mass is 35.5. The van der Waals surface area contributed by atoms with Crippen LogP contribution in [-0.4, -0.2) is 33.7 Å². The van der Waals surface area contributed by atoms with E-state index in [4.69, 9.17) is 11.6 Å². The van der Waals surface area contributed by atoms with Crippen molar-refractivity contribution in [1.82, 2.24) is 14.7 Å². The van der Waals surface area contributed by atoms with Gasteiger partial charge in [-0.05, 0) is 37.5 Å². The molecule has 1 amide bonds. The molecule has 1 aromatic carbocycles. The van der Waals surface area contributed by atoms with Crippen LogP contribution in [0.2, 0.25) is 5.15 Å². The van der Waals surface area contributed by atoms with Crippen LogP contribution in [0.3, 0.4) is 0 Å². The van der Waals surface area contributed by atoms with Crippen LogP contribution in [0.1, 0.15) is 48.3 Å². The fraction of sp³-hybridized carbons (Fsp3) is 0.444. The minimum atomic E-state index is -0.285. The monoisotopic (exact) mass is 351 g/mol. The van der Waals surface area contributed by atoms with Gasteiger partial charge in [-0.1, -0.05) is 37.6 Å². The Hall–Kier alpha value is -1.88. The van der Waals surface area contributed by atoms with Gasteiger partial charge in [-0.3, -0.25) is 4.79 Å². The number of carbonyl (C=O) groups is 1. The quantitative estimate of drug-likeness (QED) is 0.746. The first-order valence-corrected chi connectivity index (χ1v) is 8.62.